The van der Waals surface area contributed by atoms with Crippen LogP contribution in [0.5, 0.6) is 0 Å². The van der Waals surface area contributed by atoms with Gasteiger partial charge in [0.05, 0.1) is 22.8 Å². The lowest BCUT2D eigenvalue weighted by Gasteiger charge is -2.05. The van der Waals surface area contributed by atoms with Crippen molar-refractivity contribution >= 4 is 37.9 Å². The quantitative estimate of drug-likeness (QED) is 0.796. The summed E-state index contributed by atoms with van der Waals surface area (Å²) in [5.41, 5.74) is 1.86. The number of hydrogen-bond acceptors (Lipinski definition) is 3. The van der Waals surface area contributed by atoms with Gasteiger partial charge in [0, 0.05) is 11.9 Å². The number of para-hydroxylation sites is 1. The number of nitrogens with zero attached hydrogens (tertiary/aromatic N) is 2. The summed E-state index contributed by atoms with van der Waals surface area (Å²) in [4.78, 5) is 11.5. The number of carbonyl (C=O) groups is 1. The van der Waals surface area contributed by atoms with Gasteiger partial charge in [0.1, 0.15) is 5.69 Å². The van der Waals surface area contributed by atoms with Crippen molar-refractivity contribution in [3.63, 3.8) is 0 Å². The molecule has 0 spiro atoms. The van der Waals surface area contributed by atoms with Gasteiger partial charge in [-0.15, -0.1) is 0 Å². The zero-order chi connectivity index (χ0) is 16.4. The Kier molecular flexibility index (Phi) is 2.87. The van der Waals surface area contributed by atoms with E-state index >= 15 is 0 Å². The molecular formula is C16H16N2O4S. The molecule has 0 radical (unpaired) electrons. The average molecular weight is 332 g/mol. The summed E-state index contributed by atoms with van der Waals surface area (Å²) in [6, 6.07) is 9.01. The largest absolute Gasteiger partial charge is 0.477 e. The summed E-state index contributed by atoms with van der Waals surface area (Å²) in [6.45, 7) is 0.789. The van der Waals surface area contributed by atoms with Gasteiger partial charge in [0.2, 0.25) is 10.0 Å². The molecule has 1 N–H and O–H groups in total. The molecule has 1 fully saturated rings. The average Bonchev–Trinajstić information content (AvgIpc) is 3.11. The van der Waals surface area contributed by atoms with E-state index in [1.807, 2.05) is 24.3 Å². The van der Waals surface area contributed by atoms with Crippen LogP contribution < -0.4 is 0 Å². The number of hydrogen-bond donors (Lipinski definition) is 1. The highest BCUT2D eigenvalue weighted by atomic mass is 32.2. The number of carboxylic acid groups (broad SMARTS) is 1. The van der Waals surface area contributed by atoms with E-state index < -0.39 is 16.0 Å². The van der Waals surface area contributed by atoms with Crippen molar-refractivity contribution in [1.29, 1.82) is 0 Å². The first-order valence-corrected chi connectivity index (χ1v) is 9.29. The minimum absolute atomic E-state index is 0.215. The Morgan fingerprint density at radius 2 is 1.96 bits per heavy atom. The van der Waals surface area contributed by atoms with Crippen molar-refractivity contribution in [2.24, 2.45) is 5.92 Å². The molecule has 3 aromatic rings. The molecule has 0 unspecified atom stereocenters. The Labute approximate surface area is 133 Å². The lowest BCUT2D eigenvalue weighted by atomic mass is 10.2. The SMILES string of the molecule is CS(=O)(=O)n1c(C(=O)O)cc2c1c1ccccc1n2CC1CC1. The molecule has 2 aromatic heterocycles. The van der Waals surface area contributed by atoms with Gasteiger partial charge in [0.15, 0.2) is 0 Å². The summed E-state index contributed by atoms with van der Waals surface area (Å²) in [7, 11) is -3.73. The third-order valence-electron chi connectivity index (χ3n) is 4.37. The van der Waals surface area contributed by atoms with Crippen LogP contribution in [0.4, 0.5) is 0 Å². The maximum absolute atomic E-state index is 12.2. The van der Waals surface area contributed by atoms with Crippen molar-refractivity contribution in [3.05, 3.63) is 36.0 Å². The fourth-order valence-corrected chi connectivity index (χ4v) is 4.23. The predicted octanol–water partition coefficient (Wildman–Crippen LogP) is 2.51. The van der Waals surface area contributed by atoms with Crippen molar-refractivity contribution in [1.82, 2.24) is 8.54 Å². The van der Waals surface area contributed by atoms with Gasteiger partial charge in [-0.25, -0.2) is 17.2 Å². The number of fused-ring (bicyclic) bond motifs is 3. The van der Waals surface area contributed by atoms with Crippen molar-refractivity contribution < 1.29 is 18.3 Å². The minimum Gasteiger partial charge on any atom is -0.477 e. The number of aromatic nitrogens is 2. The maximum Gasteiger partial charge on any atom is 0.353 e. The van der Waals surface area contributed by atoms with Gasteiger partial charge < -0.3 is 9.67 Å². The molecule has 1 aromatic carbocycles. The minimum atomic E-state index is -3.73. The third-order valence-corrected chi connectivity index (χ3v) is 5.41. The molecular weight excluding hydrogens is 316 g/mol. The third kappa shape index (κ3) is 2.15. The molecule has 120 valence electrons. The molecule has 6 nitrogen and oxygen atoms in total. The number of benzene rings is 1. The molecule has 23 heavy (non-hydrogen) atoms. The second-order valence-corrected chi connectivity index (χ2v) is 8.00. The van der Waals surface area contributed by atoms with E-state index in [2.05, 4.69) is 4.57 Å². The highest BCUT2D eigenvalue weighted by Gasteiger charge is 2.28. The van der Waals surface area contributed by atoms with Gasteiger partial charge in [-0.2, -0.15) is 0 Å². The molecule has 1 aliphatic rings. The zero-order valence-electron chi connectivity index (χ0n) is 12.6. The smallest absolute Gasteiger partial charge is 0.353 e. The van der Waals surface area contributed by atoms with Gasteiger partial charge in [-0.3, -0.25) is 0 Å². The lowest BCUT2D eigenvalue weighted by Crippen LogP contribution is -2.16. The van der Waals surface area contributed by atoms with E-state index in [-0.39, 0.29) is 5.69 Å². The van der Waals surface area contributed by atoms with E-state index in [1.54, 1.807) is 0 Å². The number of aromatic carboxylic acids is 1. The summed E-state index contributed by atoms with van der Waals surface area (Å²) in [5.74, 6) is -0.655. The summed E-state index contributed by atoms with van der Waals surface area (Å²) in [5, 5.41) is 10.2. The van der Waals surface area contributed by atoms with Gasteiger partial charge in [-0.05, 0) is 30.9 Å². The van der Waals surface area contributed by atoms with Crippen LogP contribution in [-0.2, 0) is 16.6 Å². The van der Waals surface area contributed by atoms with Crippen molar-refractivity contribution in [3.8, 4) is 0 Å². The van der Waals surface area contributed by atoms with Crippen LogP contribution in [0.2, 0.25) is 0 Å². The van der Waals surface area contributed by atoms with Crippen LogP contribution in [-0.4, -0.2) is 34.3 Å². The Morgan fingerprint density at radius 3 is 2.57 bits per heavy atom. The summed E-state index contributed by atoms with van der Waals surface area (Å²) < 4.78 is 27.4. The monoisotopic (exact) mass is 332 g/mol. The second-order valence-electron chi connectivity index (χ2n) is 6.17. The van der Waals surface area contributed by atoms with E-state index in [0.29, 0.717) is 17.0 Å². The molecule has 0 amide bonds. The molecule has 0 aliphatic heterocycles. The molecule has 1 aliphatic carbocycles. The lowest BCUT2D eigenvalue weighted by molar-refractivity contribution is 0.0689. The molecule has 0 saturated heterocycles. The second kappa shape index (κ2) is 4.61. The molecule has 0 bridgehead atoms. The molecule has 2 heterocycles. The van der Waals surface area contributed by atoms with E-state index in [1.165, 1.54) is 6.07 Å². The maximum atomic E-state index is 12.2. The van der Waals surface area contributed by atoms with Crippen LogP contribution in [0.15, 0.2) is 30.3 Å². The molecule has 7 heteroatoms. The highest BCUT2D eigenvalue weighted by Crippen LogP contribution is 2.37. The Balaban J connectivity index is 2.18. The predicted molar refractivity (Wildman–Crippen MR) is 87.4 cm³/mol. The first-order valence-electron chi connectivity index (χ1n) is 7.44. The van der Waals surface area contributed by atoms with Crippen molar-refractivity contribution in [2.75, 3.05) is 6.26 Å². The molecule has 1 saturated carbocycles. The van der Waals surface area contributed by atoms with Gasteiger partial charge >= 0.3 is 5.97 Å². The van der Waals surface area contributed by atoms with Crippen LogP contribution >= 0.6 is 0 Å². The number of rotatable bonds is 4. The van der Waals surface area contributed by atoms with E-state index in [4.69, 9.17) is 0 Å². The fourth-order valence-electron chi connectivity index (χ4n) is 3.22. The summed E-state index contributed by atoms with van der Waals surface area (Å²) >= 11 is 0. The number of carboxylic acids is 1. The molecule has 0 atom stereocenters. The normalized spacial score (nSPS) is 15.5. The van der Waals surface area contributed by atoms with Crippen molar-refractivity contribution in [2.45, 2.75) is 19.4 Å². The summed E-state index contributed by atoms with van der Waals surface area (Å²) in [6.07, 6.45) is 3.35. The Morgan fingerprint density at radius 1 is 1.26 bits per heavy atom. The van der Waals surface area contributed by atoms with Gasteiger partial charge in [-0.1, -0.05) is 18.2 Å². The zero-order valence-corrected chi connectivity index (χ0v) is 13.4. The first kappa shape index (κ1) is 14.3. The highest BCUT2D eigenvalue weighted by molar-refractivity contribution is 7.89. The Bertz CT molecular complexity index is 1050. The van der Waals surface area contributed by atoms with E-state index in [0.717, 1.165) is 40.5 Å². The van der Waals surface area contributed by atoms with Crippen LogP contribution in [0.25, 0.3) is 21.9 Å². The van der Waals surface area contributed by atoms with Crippen LogP contribution in [0, 0.1) is 5.92 Å². The van der Waals surface area contributed by atoms with Gasteiger partial charge in [0.25, 0.3) is 0 Å². The Hall–Kier alpha value is -2.28. The van der Waals surface area contributed by atoms with Crippen LogP contribution in [0.1, 0.15) is 23.3 Å². The first-order chi connectivity index (χ1) is 10.9. The fraction of sp³-hybridized carbons (Fsp3) is 0.312. The molecule has 4 rings (SSSR count). The van der Waals surface area contributed by atoms with E-state index in [9.17, 15) is 18.3 Å². The van der Waals surface area contributed by atoms with Crippen LogP contribution in [0.3, 0.4) is 0 Å². The topological polar surface area (TPSA) is 81.3 Å². The standard InChI is InChI=1S/C16H16N2O4S/c1-23(21,22)18-14(16(19)20)8-13-15(18)11-4-2-3-5-12(11)17(13)9-10-6-7-10/h2-5,8,10H,6-7,9H2,1H3,(H,19,20).